The number of carbonyl (C=O) groups is 2. The van der Waals surface area contributed by atoms with E-state index < -0.39 is 0 Å². The number of rotatable bonds is 5. The molecule has 1 saturated heterocycles. The number of imidazole rings is 1. The topological polar surface area (TPSA) is 67.2 Å². The van der Waals surface area contributed by atoms with E-state index in [0.29, 0.717) is 12.1 Å². The van der Waals surface area contributed by atoms with Crippen molar-refractivity contribution in [3.63, 3.8) is 0 Å². The monoisotopic (exact) mass is 330 g/mol. The molecule has 120 valence electrons. The zero-order valence-corrected chi connectivity index (χ0v) is 13.7. The maximum atomic E-state index is 12.1. The number of carbonyl (C=O) groups excluding carboxylic acids is 2. The Morgan fingerprint density at radius 3 is 3.00 bits per heavy atom. The van der Waals surface area contributed by atoms with Crippen molar-refractivity contribution in [2.24, 2.45) is 7.05 Å². The van der Waals surface area contributed by atoms with E-state index in [1.54, 1.807) is 11.1 Å². The summed E-state index contributed by atoms with van der Waals surface area (Å²) in [5, 5.41) is 3.67. The van der Waals surface area contributed by atoms with Gasteiger partial charge in [-0.1, -0.05) is 17.8 Å². The van der Waals surface area contributed by atoms with Crippen LogP contribution in [0.25, 0.3) is 0 Å². The molecule has 2 heterocycles. The average Bonchev–Trinajstić information content (AvgIpc) is 3.14. The van der Waals surface area contributed by atoms with Gasteiger partial charge >= 0.3 is 0 Å². The zero-order chi connectivity index (χ0) is 16.2. The molecule has 6 nitrogen and oxygen atoms in total. The molecule has 23 heavy (non-hydrogen) atoms. The number of hydrogen-bond acceptors (Lipinski definition) is 4. The molecule has 1 N–H and O–H groups in total. The van der Waals surface area contributed by atoms with Crippen LogP contribution in [0.1, 0.15) is 12.8 Å². The summed E-state index contributed by atoms with van der Waals surface area (Å²) in [5.74, 6) is 0.333. The number of benzene rings is 1. The van der Waals surface area contributed by atoms with E-state index in [4.69, 9.17) is 0 Å². The summed E-state index contributed by atoms with van der Waals surface area (Å²) in [6.45, 7) is 0.741. The van der Waals surface area contributed by atoms with Crippen LogP contribution in [0.4, 0.5) is 11.4 Å². The molecule has 0 saturated carbocycles. The van der Waals surface area contributed by atoms with Gasteiger partial charge in [-0.25, -0.2) is 4.98 Å². The quantitative estimate of drug-likeness (QED) is 0.854. The molecular weight excluding hydrogens is 312 g/mol. The van der Waals surface area contributed by atoms with Gasteiger partial charge < -0.3 is 14.8 Å². The molecule has 2 amide bonds. The molecule has 7 heteroatoms. The van der Waals surface area contributed by atoms with Crippen molar-refractivity contribution >= 4 is 35.0 Å². The van der Waals surface area contributed by atoms with E-state index in [1.807, 2.05) is 42.1 Å². The van der Waals surface area contributed by atoms with Crippen LogP contribution in [0.3, 0.4) is 0 Å². The van der Waals surface area contributed by atoms with E-state index in [0.717, 1.165) is 23.8 Å². The number of thioether (sulfide) groups is 1. The summed E-state index contributed by atoms with van der Waals surface area (Å²) >= 11 is 1.39. The standard InChI is InChI=1S/C16H18N4O2S/c1-19-9-7-17-16(19)23-11-14(21)18-12-4-2-5-13(10-12)20-8-3-6-15(20)22/h2,4-5,7,9-10H,3,6,8,11H2,1H3,(H,18,21). The Morgan fingerprint density at radius 2 is 2.30 bits per heavy atom. The number of nitrogens with one attached hydrogen (secondary N) is 1. The third-order valence-electron chi connectivity index (χ3n) is 3.62. The van der Waals surface area contributed by atoms with Crippen LogP contribution in [0, 0.1) is 0 Å². The van der Waals surface area contributed by atoms with Gasteiger partial charge in [0.1, 0.15) is 0 Å². The maximum absolute atomic E-state index is 12.1. The SMILES string of the molecule is Cn1ccnc1SCC(=O)Nc1cccc(N2CCCC2=O)c1. The van der Waals surface area contributed by atoms with Crippen LogP contribution < -0.4 is 10.2 Å². The fourth-order valence-corrected chi connectivity index (χ4v) is 3.22. The minimum atomic E-state index is -0.0945. The van der Waals surface area contributed by atoms with E-state index >= 15 is 0 Å². The molecule has 1 aliphatic rings. The van der Waals surface area contributed by atoms with E-state index in [9.17, 15) is 9.59 Å². The van der Waals surface area contributed by atoms with Crippen molar-refractivity contribution in [1.82, 2.24) is 9.55 Å². The van der Waals surface area contributed by atoms with Gasteiger partial charge in [-0.2, -0.15) is 0 Å². The molecule has 3 rings (SSSR count). The van der Waals surface area contributed by atoms with Crippen molar-refractivity contribution in [1.29, 1.82) is 0 Å². The first-order valence-corrected chi connectivity index (χ1v) is 8.42. The number of hydrogen-bond donors (Lipinski definition) is 1. The van der Waals surface area contributed by atoms with Crippen molar-refractivity contribution in [2.45, 2.75) is 18.0 Å². The van der Waals surface area contributed by atoms with Crippen molar-refractivity contribution < 1.29 is 9.59 Å². The molecule has 1 aromatic heterocycles. The lowest BCUT2D eigenvalue weighted by molar-refractivity contribution is -0.117. The fourth-order valence-electron chi connectivity index (χ4n) is 2.49. The summed E-state index contributed by atoms with van der Waals surface area (Å²) in [7, 11) is 1.89. The molecule has 0 radical (unpaired) electrons. The molecule has 1 aliphatic heterocycles. The first-order chi connectivity index (χ1) is 11.1. The molecule has 0 bridgehead atoms. The van der Waals surface area contributed by atoms with Crippen LogP contribution in [0.2, 0.25) is 0 Å². The predicted octanol–water partition coefficient (Wildman–Crippen LogP) is 2.28. The molecular formula is C16H18N4O2S. The number of nitrogens with zero attached hydrogens (tertiary/aromatic N) is 3. The minimum absolute atomic E-state index is 0.0945. The highest BCUT2D eigenvalue weighted by atomic mass is 32.2. The van der Waals surface area contributed by atoms with Crippen molar-refractivity contribution in [3.05, 3.63) is 36.7 Å². The molecule has 1 aromatic carbocycles. The number of aromatic nitrogens is 2. The summed E-state index contributed by atoms with van der Waals surface area (Å²) in [6, 6.07) is 7.41. The van der Waals surface area contributed by atoms with Crippen LogP contribution in [-0.2, 0) is 16.6 Å². The van der Waals surface area contributed by atoms with Crippen LogP contribution in [-0.4, -0.2) is 33.7 Å². The summed E-state index contributed by atoms with van der Waals surface area (Å²) in [6.07, 6.45) is 5.03. The van der Waals surface area contributed by atoms with Gasteiger partial charge in [-0.15, -0.1) is 0 Å². The van der Waals surface area contributed by atoms with Gasteiger partial charge in [0.15, 0.2) is 5.16 Å². The lowest BCUT2D eigenvalue weighted by Crippen LogP contribution is -2.23. The Bertz CT molecular complexity index is 728. The Labute approximate surface area is 138 Å². The van der Waals surface area contributed by atoms with Gasteiger partial charge in [0.25, 0.3) is 0 Å². The van der Waals surface area contributed by atoms with E-state index in [2.05, 4.69) is 10.3 Å². The molecule has 0 aliphatic carbocycles. The summed E-state index contributed by atoms with van der Waals surface area (Å²) < 4.78 is 1.87. The molecule has 0 spiro atoms. The van der Waals surface area contributed by atoms with Crippen LogP contribution in [0.5, 0.6) is 0 Å². The molecule has 0 atom stereocenters. The first kappa shape index (κ1) is 15.6. The van der Waals surface area contributed by atoms with E-state index in [-0.39, 0.29) is 17.6 Å². The fraction of sp³-hybridized carbons (Fsp3) is 0.312. The van der Waals surface area contributed by atoms with Crippen molar-refractivity contribution in [2.75, 3.05) is 22.5 Å². The van der Waals surface area contributed by atoms with Gasteiger partial charge in [-0.05, 0) is 24.6 Å². The second kappa shape index (κ2) is 6.87. The third kappa shape index (κ3) is 3.73. The first-order valence-electron chi connectivity index (χ1n) is 7.44. The summed E-state index contributed by atoms with van der Waals surface area (Å²) in [4.78, 5) is 29.8. The second-order valence-electron chi connectivity index (χ2n) is 5.36. The Morgan fingerprint density at radius 1 is 1.43 bits per heavy atom. The zero-order valence-electron chi connectivity index (χ0n) is 12.9. The van der Waals surface area contributed by atoms with Gasteiger partial charge in [-0.3, -0.25) is 9.59 Å². The van der Waals surface area contributed by atoms with Crippen LogP contribution in [0.15, 0.2) is 41.8 Å². The third-order valence-corrected chi connectivity index (χ3v) is 4.68. The highest BCUT2D eigenvalue weighted by Gasteiger charge is 2.21. The lowest BCUT2D eigenvalue weighted by atomic mass is 10.2. The molecule has 1 fully saturated rings. The van der Waals surface area contributed by atoms with Gasteiger partial charge in [0.05, 0.1) is 5.75 Å². The number of amides is 2. The predicted molar refractivity (Wildman–Crippen MR) is 90.6 cm³/mol. The Balaban J connectivity index is 1.60. The molecule has 2 aromatic rings. The minimum Gasteiger partial charge on any atom is -0.329 e. The Hall–Kier alpha value is -2.28. The van der Waals surface area contributed by atoms with E-state index in [1.165, 1.54) is 11.8 Å². The number of anilines is 2. The highest BCUT2D eigenvalue weighted by Crippen LogP contribution is 2.24. The second-order valence-corrected chi connectivity index (χ2v) is 6.30. The van der Waals surface area contributed by atoms with Crippen LogP contribution >= 0.6 is 11.8 Å². The summed E-state index contributed by atoms with van der Waals surface area (Å²) in [5.41, 5.74) is 1.54. The van der Waals surface area contributed by atoms with Gasteiger partial charge in [0.2, 0.25) is 11.8 Å². The van der Waals surface area contributed by atoms with Gasteiger partial charge in [0, 0.05) is 43.8 Å². The Kier molecular flexibility index (Phi) is 4.66. The molecule has 0 unspecified atom stereocenters. The average molecular weight is 330 g/mol. The highest BCUT2D eigenvalue weighted by molar-refractivity contribution is 7.99. The van der Waals surface area contributed by atoms with Crippen molar-refractivity contribution in [3.8, 4) is 0 Å². The normalized spacial score (nSPS) is 14.3. The largest absolute Gasteiger partial charge is 0.329 e. The lowest BCUT2D eigenvalue weighted by Gasteiger charge is -2.16. The maximum Gasteiger partial charge on any atom is 0.234 e. The number of aryl methyl sites for hydroxylation is 1. The smallest absolute Gasteiger partial charge is 0.234 e.